The number of carbonyl (C=O) groups is 3. The monoisotopic (exact) mass is 460 g/mol. The first-order chi connectivity index (χ1) is 15.4. The highest BCUT2D eigenvalue weighted by molar-refractivity contribution is 5.75. The number of carboxylic acids is 2. The van der Waals surface area contributed by atoms with Gasteiger partial charge in [0.15, 0.2) is 0 Å². The normalized spacial score (nSPS) is 12.9. The molecule has 0 rings (SSSR count). The van der Waals surface area contributed by atoms with Crippen LogP contribution in [0.4, 0.5) is 0 Å². The summed E-state index contributed by atoms with van der Waals surface area (Å²) in [5, 5.41) is 33.2. The van der Waals surface area contributed by atoms with Crippen molar-refractivity contribution in [1.29, 1.82) is 0 Å². The maximum atomic E-state index is 11.8. The van der Waals surface area contributed by atoms with Gasteiger partial charge in [-0.25, -0.2) is 5.43 Å². The minimum atomic E-state index is -0.968. The maximum Gasteiger partial charge on any atom is 0.322 e. The van der Waals surface area contributed by atoms with Crippen molar-refractivity contribution in [3.05, 3.63) is 0 Å². The number of aliphatic hydroxyl groups is 1. The maximum absolute atomic E-state index is 11.8. The number of hydrazine groups is 1. The van der Waals surface area contributed by atoms with Crippen molar-refractivity contribution in [2.24, 2.45) is 5.84 Å². The number of hydrogen-bond acceptors (Lipinski definition) is 7. The summed E-state index contributed by atoms with van der Waals surface area (Å²) in [6.45, 7) is 1.13. The molecule has 0 aliphatic heterocycles. The number of hydrogen-bond donors (Lipinski definition) is 7. The lowest BCUT2D eigenvalue weighted by Gasteiger charge is -2.14. The van der Waals surface area contributed by atoms with E-state index in [1.54, 1.807) is 0 Å². The van der Waals surface area contributed by atoms with E-state index in [0.717, 1.165) is 57.8 Å². The minimum absolute atomic E-state index is 0.0441. The summed E-state index contributed by atoms with van der Waals surface area (Å²) in [4.78, 5) is 33.0. The van der Waals surface area contributed by atoms with Gasteiger partial charge in [0.1, 0.15) is 12.3 Å². The van der Waals surface area contributed by atoms with Crippen LogP contribution in [0, 0.1) is 0 Å². The van der Waals surface area contributed by atoms with Gasteiger partial charge in [-0.05, 0) is 51.5 Å². The summed E-state index contributed by atoms with van der Waals surface area (Å²) in [6, 6.07) is -0.745. The SMILES string of the molecule is NN[C@@H](CCCCNC(O)CCCNC(=O)CCCCCCCCCCC(=O)O)C(=O)O. The predicted molar refractivity (Wildman–Crippen MR) is 123 cm³/mol. The second-order valence-electron chi connectivity index (χ2n) is 8.24. The Balaban J connectivity index is 3.42. The molecule has 0 radical (unpaired) electrons. The number of nitrogens with two attached hydrogens (primary N) is 1. The van der Waals surface area contributed by atoms with Gasteiger partial charge < -0.3 is 20.6 Å². The average Bonchev–Trinajstić information content (AvgIpc) is 2.74. The molecule has 32 heavy (non-hydrogen) atoms. The van der Waals surface area contributed by atoms with Crippen molar-refractivity contribution in [3.63, 3.8) is 0 Å². The van der Waals surface area contributed by atoms with Crippen LogP contribution in [0.1, 0.15) is 96.3 Å². The third-order valence-electron chi connectivity index (χ3n) is 5.32. The van der Waals surface area contributed by atoms with Crippen molar-refractivity contribution in [1.82, 2.24) is 16.1 Å². The zero-order valence-corrected chi connectivity index (χ0v) is 19.3. The smallest absolute Gasteiger partial charge is 0.322 e. The highest BCUT2D eigenvalue weighted by atomic mass is 16.4. The van der Waals surface area contributed by atoms with E-state index in [0.29, 0.717) is 45.2 Å². The average molecular weight is 461 g/mol. The molecule has 0 spiro atoms. The number of aliphatic hydroxyl groups excluding tert-OH is 1. The highest BCUT2D eigenvalue weighted by Gasteiger charge is 2.14. The molecule has 1 amide bonds. The second kappa shape index (κ2) is 21.1. The molecule has 0 fully saturated rings. The van der Waals surface area contributed by atoms with Gasteiger partial charge >= 0.3 is 11.9 Å². The van der Waals surface area contributed by atoms with Gasteiger partial charge in [0, 0.05) is 19.4 Å². The number of aliphatic carboxylic acids is 2. The molecule has 0 aliphatic rings. The molecule has 0 saturated heterocycles. The van der Waals surface area contributed by atoms with Crippen LogP contribution >= 0.6 is 0 Å². The van der Waals surface area contributed by atoms with Gasteiger partial charge in [0.2, 0.25) is 5.91 Å². The van der Waals surface area contributed by atoms with E-state index in [-0.39, 0.29) is 12.3 Å². The Bertz CT molecular complexity index is 507. The van der Waals surface area contributed by atoms with E-state index in [2.05, 4.69) is 16.1 Å². The molecule has 0 saturated carbocycles. The number of rotatable bonds is 23. The van der Waals surface area contributed by atoms with Crippen molar-refractivity contribution in [2.75, 3.05) is 13.1 Å². The van der Waals surface area contributed by atoms with E-state index in [1.165, 1.54) is 0 Å². The fraction of sp³-hybridized carbons (Fsp3) is 0.864. The third-order valence-corrected chi connectivity index (χ3v) is 5.32. The van der Waals surface area contributed by atoms with Gasteiger partial charge in [-0.3, -0.25) is 25.5 Å². The van der Waals surface area contributed by atoms with E-state index in [9.17, 15) is 19.5 Å². The summed E-state index contributed by atoms with van der Waals surface area (Å²) in [6.07, 6.45) is 11.3. The number of carbonyl (C=O) groups excluding carboxylic acids is 1. The van der Waals surface area contributed by atoms with Gasteiger partial charge in [-0.1, -0.05) is 38.5 Å². The highest BCUT2D eigenvalue weighted by Crippen LogP contribution is 2.10. The van der Waals surface area contributed by atoms with Crippen LogP contribution in [0.3, 0.4) is 0 Å². The van der Waals surface area contributed by atoms with Gasteiger partial charge in [0.25, 0.3) is 0 Å². The molecule has 0 aromatic heterocycles. The number of nitrogens with one attached hydrogen (secondary N) is 3. The van der Waals surface area contributed by atoms with E-state index in [4.69, 9.17) is 16.1 Å². The fourth-order valence-corrected chi connectivity index (χ4v) is 3.36. The van der Waals surface area contributed by atoms with Gasteiger partial charge in [0.05, 0.1) is 0 Å². The van der Waals surface area contributed by atoms with Gasteiger partial charge in [-0.2, -0.15) is 0 Å². The van der Waals surface area contributed by atoms with Crippen molar-refractivity contribution in [3.8, 4) is 0 Å². The van der Waals surface area contributed by atoms with E-state index >= 15 is 0 Å². The lowest BCUT2D eigenvalue weighted by Crippen LogP contribution is -2.41. The second-order valence-corrected chi connectivity index (χ2v) is 8.24. The molecule has 10 nitrogen and oxygen atoms in total. The Morgan fingerprint density at radius 1 is 0.719 bits per heavy atom. The van der Waals surface area contributed by atoms with Crippen LogP contribution < -0.4 is 21.9 Å². The largest absolute Gasteiger partial charge is 0.481 e. The lowest BCUT2D eigenvalue weighted by atomic mass is 10.1. The van der Waals surface area contributed by atoms with Crippen molar-refractivity contribution >= 4 is 17.8 Å². The van der Waals surface area contributed by atoms with Crippen LogP contribution in [-0.4, -0.2) is 58.5 Å². The Morgan fingerprint density at radius 2 is 1.31 bits per heavy atom. The Morgan fingerprint density at radius 3 is 1.88 bits per heavy atom. The number of carboxylic acid groups (broad SMARTS) is 2. The summed E-state index contributed by atoms with van der Waals surface area (Å²) < 4.78 is 0. The molecule has 0 aromatic rings. The van der Waals surface area contributed by atoms with Crippen molar-refractivity contribution < 1.29 is 29.7 Å². The van der Waals surface area contributed by atoms with Crippen LogP contribution in [0.25, 0.3) is 0 Å². The first-order valence-electron chi connectivity index (χ1n) is 12.0. The first-order valence-corrected chi connectivity index (χ1v) is 12.0. The molecule has 10 heteroatoms. The Kier molecular flexibility index (Phi) is 20.0. The number of amides is 1. The fourth-order valence-electron chi connectivity index (χ4n) is 3.36. The molecular weight excluding hydrogens is 416 g/mol. The quantitative estimate of drug-likeness (QED) is 0.0519. The third kappa shape index (κ3) is 20.2. The minimum Gasteiger partial charge on any atom is -0.481 e. The summed E-state index contributed by atoms with van der Waals surface area (Å²) in [5.74, 6) is 3.52. The lowest BCUT2D eigenvalue weighted by molar-refractivity contribution is -0.140. The molecule has 0 heterocycles. The van der Waals surface area contributed by atoms with Crippen molar-refractivity contribution in [2.45, 2.75) is 109 Å². The van der Waals surface area contributed by atoms with Crippen LogP contribution in [0.2, 0.25) is 0 Å². The molecule has 0 aromatic carbocycles. The topological polar surface area (TPSA) is 174 Å². The zero-order chi connectivity index (χ0) is 24.0. The zero-order valence-electron chi connectivity index (χ0n) is 19.3. The summed E-state index contributed by atoms with van der Waals surface area (Å²) in [7, 11) is 0. The molecular formula is C22H44N4O6. The molecule has 1 unspecified atom stereocenters. The standard InChI is InChI=1S/C22H44N4O6/c23-26-18(22(31)32)12-9-10-16-24-20(28)14-11-17-25-19(27)13-7-5-3-1-2-4-6-8-15-21(29)30/h18,20,24,26,28H,1-17,23H2,(H,25,27)(H,29,30)(H,31,32)/t18-,20?/m0/s1. The predicted octanol–water partition coefficient (Wildman–Crippen LogP) is 1.86. The van der Waals surface area contributed by atoms with Crippen LogP contribution in [0.5, 0.6) is 0 Å². The van der Waals surface area contributed by atoms with E-state index in [1.807, 2.05) is 0 Å². The molecule has 2 atom stereocenters. The molecule has 0 aliphatic carbocycles. The number of unbranched alkanes of at least 4 members (excludes halogenated alkanes) is 8. The Hall–Kier alpha value is -1.75. The summed E-state index contributed by atoms with van der Waals surface area (Å²) in [5.41, 5.74) is 2.26. The molecule has 8 N–H and O–H groups in total. The van der Waals surface area contributed by atoms with Gasteiger partial charge in [-0.15, -0.1) is 0 Å². The van der Waals surface area contributed by atoms with E-state index < -0.39 is 24.2 Å². The molecule has 0 bridgehead atoms. The van der Waals surface area contributed by atoms with Crippen LogP contribution in [-0.2, 0) is 14.4 Å². The van der Waals surface area contributed by atoms with Crippen LogP contribution in [0.15, 0.2) is 0 Å². The Labute approximate surface area is 191 Å². The summed E-state index contributed by atoms with van der Waals surface area (Å²) >= 11 is 0. The molecule has 188 valence electrons. The first kappa shape index (κ1) is 30.2.